The molecular formula is C27H27BrN2O4. The first-order valence-corrected chi connectivity index (χ1v) is 11.7. The zero-order valence-electron chi connectivity index (χ0n) is 19.6. The first-order chi connectivity index (χ1) is 16.2. The van der Waals surface area contributed by atoms with Gasteiger partial charge in [-0.3, -0.25) is 4.79 Å². The fourth-order valence-electron chi connectivity index (χ4n) is 3.19. The number of hydrazone groups is 1. The summed E-state index contributed by atoms with van der Waals surface area (Å²) >= 11 is 3.54. The third kappa shape index (κ3) is 6.78. The lowest BCUT2D eigenvalue weighted by Crippen LogP contribution is -2.25. The Hall–Kier alpha value is -3.45. The first-order valence-electron chi connectivity index (χ1n) is 10.9. The average molecular weight is 523 g/mol. The topological polar surface area (TPSA) is 77.0 Å². The van der Waals surface area contributed by atoms with Crippen LogP contribution in [0.1, 0.15) is 52.4 Å². The minimum absolute atomic E-state index is 0.147. The molecule has 0 unspecified atom stereocenters. The van der Waals surface area contributed by atoms with E-state index in [1.54, 1.807) is 36.4 Å². The fraction of sp³-hybridized carbons (Fsp3) is 0.222. The minimum atomic E-state index is -0.409. The van der Waals surface area contributed by atoms with Crippen LogP contribution in [0.25, 0.3) is 0 Å². The molecule has 0 aliphatic heterocycles. The molecule has 0 fully saturated rings. The van der Waals surface area contributed by atoms with Crippen molar-refractivity contribution in [3.05, 3.63) is 93.0 Å². The van der Waals surface area contributed by atoms with Crippen molar-refractivity contribution in [2.24, 2.45) is 5.10 Å². The van der Waals surface area contributed by atoms with Crippen LogP contribution in [0.4, 0.5) is 0 Å². The van der Waals surface area contributed by atoms with Crippen LogP contribution in [0.3, 0.4) is 0 Å². The molecule has 7 heteroatoms. The SMILES string of the molecule is Cc1cc(OCC(=O)N/N=C\c2ccc(OC(=O)c3ccccc3C)cc2)c(C(C)C)cc1Br. The quantitative estimate of drug-likeness (QED) is 0.172. The maximum Gasteiger partial charge on any atom is 0.343 e. The lowest BCUT2D eigenvalue weighted by molar-refractivity contribution is -0.123. The number of carbonyl (C=O) groups is 2. The molecule has 0 radical (unpaired) electrons. The van der Waals surface area contributed by atoms with Gasteiger partial charge >= 0.3 is 5.97 Å². The van der Waals surface area contributed by atoms with Gasteiger partial charge < -0.3 is 9.47 Å². The van der Waals surface area contributed by atoms with Gasteiger partial charge in [-0.25, -0.2) is 10.2 Å². The monoisotopic (exact) mass is 522 g/mol. The Kier molecular flexibility index (Phi) is 8.60. The van der Waals surface area contributed by atoms with Gasteiger partial charge in [-0.2, -0.15) is 5.10 Å². The third-order valence-electron chi connectivity index (χ3n) is 5.13. The second-order valence-electron chi connectivity index (χ2n) is 8.15. The zero-order chi connectivity index (χ0) is 24.7. The smallest absolute Gasteiger partial charge is 0.343 e. The van der Waals surface area contributed by atoms with Crippen molar-refractivity contribution >= 4 is 34.0 Å². The Morgan fingerprint density at radius 3 is 2.41 bits per heavy atom. The number of amides is 1. The van der Waals surface area contributed by atoms with E-state index in [-0.39, 0.29) is 18.4 Å². The molecule has 3 aromatic rings. The van der Waals surface area contributed by atoms with E-state index < -0.39 is 5.97 Å². The molecule has 34 heavy (non-hydrogen) atoms. The van der Waals surface area contributed by atoms with Gasteiger partial charge in [0.15, 0.2) is 6.61 Å². The summed E-state index contributed by atoms with van der Waals surface area (Å²) in [7, 11) is 0. The van der Waals surface area contributed by atoms with E-state index in [1.165, 1.54) is 6.21 Å². The Morgan fingerprint density at radius 1 is 1.03 bits per heavy atom. The van der Waals surface area contributed by atoms with Gasteiger partial charge in [-0.1, -0.05) is 48.0 Å². The highest BCUT2D eigenvalue weighted by Gasteiger charge is 2.13. The number of aryl methyl sites for hydroxylation is 2. The highest BCUT2D eigenvalue weighted by molar-refractivity contribution is 9.10. The number of benzene rings is 3. The summed E-state index contributed by atoms with van der Waals surface area (Å²) in [6, 6.07) is 18.0. The van der Waals surface area contributed by atoms with Crippen molar-refractivity contribution in [1.82, 2.24) is 5.43 Å². The fourth-order valence-corrected chi connectivity index (χ4v) is 3.55. The highest BCUT2D eigenvalue weighted by atomic mass is 79.9. The van der Waals surface area contributed by atoms with Crippen molar-refractivity contribution in [2.75, 3.05) is 6.61 Å². The lowest BCUT2D eigenvalue weighted by Gasteiger charge is -2.15. The predicted octanol–water partition coefficient (Wildman–Crippen LogP) is 5.94. The molecule has 0 saturated carbocycles. The second kappa shape index (κ2) is 11.6. The number of nitrogens with one attached hydrogen (secondary N) is 1. The van der Waals surface area contributed by atoms with Crippen molar-refractivity contribution in [2.45, 2.75) is 33.6 Å². The number of carbonyl (C=O) groups excluding carboxylic acids is 2. The summed E-state index contributed by atoms with van der Waals surface area (Å²) in [6.45, 7) is 7.83. The maximum absolute atomic E-state index is 12.3. The summed E-state index contributed by atoms with van der Waals surface area (Å²) in [4.78, 5) is 24.5. The molecule has 0 aliphatic rings. The van der Waals surface area contributed by atoms with E-state index >= 15 is 0 Å². The van der Waals surface area contributed by atoms with Crippen LogP contribution >= 0.6 is 15.9 Å². The van der Waals surface area contributed by atoms with E-state index in [0.717, 1.165) is 26.7 Å². The van der Waals surface area contributed by atoms with E-state index in [2.05, 4.69) is 40.3 Å². The molecule has 176 valence electrons. The second-order valence-corrected chi connectivity index (χ2v) is 9.00. The molecule has 3 aromatic carbocycles. The van der Waals surface area contributed by atoms with Crippen molar-refractivity contribution < 1.29 is 19.1 Å². The molecule has 0 heterocycles. The number of esters is 1. The first kappa shape index (κ1) is 25.2. The van der Waals surface area contributed by atoms with Crippen LogP contribution in [-0.2, 0) is 4.79 Å². The van der Waals surface area contributed by atoms with Gasteiger partial charge in [0.1, 0.15) is 11.5 Å². The molecule has 0 aromatic heterocycles. The number of halogens is 1. The van der Waals surface area contributed by atoms with Crippen LogP contribution < -0.4 is 14.9 Å². The van der Waals surface area contributed by atoms with Gasteiger partial charge in [-0.15, -0.1) is 0 Å². The summed E-state index contributed by atoms with van der Waals surface area (Å²) in [6.07, 6.45) is 1.51. The van der Waals surface area contributed by atoms with E-state index in [4.69, 9.17) is 9.47 Å². The van der Waals surface area contributed by atoms with Crippen LogP contribution in [0, 0.1) is 13.8 Å². The van der Waals surface area contributed by atoms with Crippen LogP contribution in [0.15, 0.2) is 70.2 Å². The third-order valence-corrected chi connectivity index (χ3v) is 5.98. The number of hydrogen-bond acceptors (Lipinski definition) is 5. The van der Waals surface area contributed by atoms with Gasteiger partial charge in [0, 0.05) is 4.47 Å². The number of rotatable bonds is 8. The largest absolute Gasteiger partial charge is 0.483 e. The van der Waals surface area contributed by atoms with Gasteiger partial charge in [0.2, 0.25) is 0 Å². The molecule has 1 N–H and O–H groups in total. The minimum Gasteiger partial charge on any atom is -0.483 e. The van der Waals surface area contributed by atoms with Crippen molar-refractivity contribution in [3.8, 4) is 11.5 Å². The van der Waals surface area contributed by atoms with Crippen molar-refractivity contribution in [3.63, 3.8) is 0 Å². The van der Waals surface area contributed by atoms with Gasteiger partial charge in [0.25, 0.3) is 5.91 Å². The summed E-state index contributed by atoms with van der Waals surface area (Å²) in [5, 5.41) is 3.97. The zero-order valence-corrected chi connectivity index (χ0v) is 21.2. The van der Waals surface area contributed by atoms with Crippen LogP contribution in [0.5, 0.6) is 11.5 Å². The molecule has 0 spiro atoms. The molecule has 0 atom stereocenters. The molecule has 3 rings (SSSR count). The number of nitrogens with zero attached hydrogens (tertiary/aromatic N) is 1. The van der Waals surface area contributed by atoms with Crippen molar-refractivity contribution in [1.29, 1.82) is 0 Å². The normalized spacial score (nSPS) is 11.0. The molecule has 6 nitrogen and oxygen atoms in total. The number of hydrogen-bond donors (Lipinski definition) is 1. The van der Waals surface area contributed by atoms with E-state index in [9.17, 15) is 9.59 Å². The Morgan fingerprint density at radius 2 is 1.74 bits per heavy atom. The Bertz CT molecular complexity index is 1200. The predicted molar refractivity (Wildman–Crippen MR) is 137 cm³/mol. The molecule has 0 bridgehead atoms. The molecular weight excluding hydrogens is 496 g/mol. The maximum atomic E-state index is 12.3. The summed E-state index contributed by atoms with van der Waals surface area (Å²) in [5.74, 6) is 0.592. The van der Waals surface area contributed by atoms with Crippen LogP contribution in [0.2, 0.25) is 0 Å². The van der Waals surface area contributed by atoms with Crippen LogP contribution in [-0.4, -0.2) is 24.7 Å². The molecule has 0 aliphatic carbocycles. The number of ether oxygens (including phenoxy) is 2. The van der Waals surface area contributed by atoms with Gasteiger partial charge in [0.05, 0.1) is 11.8 Å². The highest BCUT2D eigenvalue weighted by Crippen LogP contribution is 2.32. The molecule has 0 saturated heterocycles. The summed E-state index contributed by atoms with van der Waals surface area (Å²) in [5.41, 5.74) is 6.64. The van der Waals surface area contributed by atoms with Gasteiger partial charge in [-0.05, 0) is 84.5 Å². The lowest BCUT2D eigenvalue weighted by atomic mass is 10.0. The Balaban J connectivity index is 1.52. The standard InChI is InChI=1S/C27H27BrN2O4/c1-17(2)23-14-24(28)19(4)13-25(23)33-16-26(31)30-29-15-20-9-11-21(12-10-20)34-27(32)22-8-6-5-7-18(22)3/h5-15,17H,16H2,1-4H3,(H,30,31)/b29-15-. The Labute approximate surface area is 208 Å². The van der Waals surface area contributed by atoms with E-state index in [1.807, 2.05) is 38.1 Å². The summed E-state index contributed by atoms with van der Waals surface area (Å²) < 4.78 is 12.2. The molecule has 1 amide bonds. The average Bonchev–Trinajstić information content (AvgIpc) is 2.80. The van der Waals surface area contributed by atoms with E-state index in [0.29, 0.717) is 17.1 Å².